The van der Waals surface area contributed by atoms with Crippen molar-refractivity contribution in [3.05, 3.63) is 21.9 Å². The summed E-state index contributed by atoms with van der Waals surface area (Å²) in [5.74, 6) is 0. The summed E-state index contributed by atoms with van der Waals surface area (Å²) in [6.07, 6.45) is 1.25. The molecule has 2 unspecified atom stereocenters. The molecule has 3 nitrogen and oxygen atoms in total. The van der Waals surface area contributed by atoms with Crippen LogP contribution in [0.15, 0.2) is 11.4 Å². The highest BCUT2D eigenvalue weighted by molar-refractivity contribution is 7.10. The summed E-state index contributed by atoms with van der Waals surface area (Å²) in [7, 11) is 0. The van der Waals surface area contributed by atoms with Crippen LogP contribution in [0.3, 0.4) is 0 Å². The van der Waals surface area contributed by atoms with E-state index in [2.05, 4.69) is 37.5 Å². The van der Waals surface area contributed by atoms with Crippen LogP contribution in [0.5, 0.6) is 0 Å². The second-order valence-corrected chi connectivity index (χ2v) is 7.16. The van der Waals surface area contributed by atoms with Gasteiger partial charge in [0.15, 0.2) is 0 Å². The summed E-state index contributed by atoms with van der Waals surface area (Å²) in [6.45, 7) is 11.2. The molecule has 0 spiro atoms. The third kappa shape index (κ3) is 2.72. The van der Waals surface area contributed by atoms with Crippen molar-refractivity contribution in [2.75, 3.05) is 13.2 Å². The molecule has 0 amide bonds. The molecule has 1 aliphatic carbocycles. The number of nitrogens with one attached hydrogen (secondary N) is 1. The molecule has 108 valence electrons. The smallest absolute Gasteiger partial charge is 0.0662 e. The Hall–Kier alpha value is -0.420. The molecule has 2 atom stereocenters. The summed E-state index contributed by atoms with van der Waals surface area (Å²) >= 11 is 1.81. The van der Waals surface area contributed by atoms with Crippen molar-refractivity contribution in [1.82, 2.24) is 5.32 Å². The Morgan fingerprint density at radius 3 is 2.79 bits per heavy atom. The zero-order chi connectivity index (χ0) is 14.1. The summed E-state index contributed by atoms with van der Waals surface area (Å²) in [6, 6.07) is 2.16. The number of nitrogens with two attached hydrogens (primary N) is 1. The molecule has 1 aromatic heterocycles. The molecule has 0 bridgehead atoms. The average Bonchev–Trinajstić information content (AvgIpc) is 2.75. The van der Waals surface area contributed by atoms with Gasteiger partial charge in [0, 0.05) is 35.5 Å². The fraction of sp³-hybridized carbons (Fsp3) is 0.733. The second kappa shape index (κ2) is 5.52. The van der Waals surface area contributed by atoms with Crippen LogP contribution < -0.4 is 11.1 Å². The largest absolute Gasteiger partial charge is 0.378 e. The van der Waals surface area contributed by atoms with Gasteiger partial charge in [0.25, 0.3) is 0 Å². The minimum absolute atomic E-state index is 0.0422. The van der Waals surface area contributed by atoms with E-state index in [1.54, 1.807) is 11.3 Å². The molecule has 1 aromatic rings. The van der Waals surface area contributed by atoms with Gasteiger partial charge in [-0.05, 0) is 37.3 Å². The Morgan fingerprint density at radius 2 is 2.26 bits per heavy atom. The van der Waals surface area contributed by atoms with Gasteiger partial charge < -0.3 is 15.8 Å². The van der Waals surface area contributed by atoms with Crippen LogP contribution in [0, 0.1) is 12.3 Å². The lowest BCUT2D eigenvalue weighted by atomic mass is 9.54. The van der Waals surface area contributed by atoms with Gasteiger partial charge in [0.05, 0.1) is 6.10 Å². The first-order valence-corrected chi connectivity index (χ1v) is 7.93. The Bertz CT molecular complexity index is 430. The van der Waals surface area contributed by atoms with E-state index >= 15 is 0 Å². The van der Waals surface area contributed by atoms with E-state index in [0.717, 1.165) is 26.1 Å². The van der Waals surface area contributed by atoms with Crippen LogP contribution in [-0.2, 0) is 11.3 Å². The van der Waals surface area contributed by atoms with Crippen molar-refractivity contribution in [3.63, 3.8) is 0 Å². The molecule has 0 radical (unpaired) electrons. The van der Waals surface area contributed by atoms with E-state index in [-0.39, 0.29) is 11.0 Å². The van der Waals surface area contributed by atoms with E-state index in [4.69, 9.17) is 10.5 Å². The molecule has 1 aliphatic rings. The van der Waals surface area contributed by atoms with Gasteiger partial charge in [-0.15, -0.1) is 11.3 Å². The Balaban J connectivity index is 1.85. The predicted octanol–water partition coefficient (Wildman–Crippen LogP) is 2.68. The second-order valence-electron chi connectivity index (χ2n) is 6.16. The van der Waals surface area contributed by atoms with Crippen LogP contribution in [-0.4, -0.2) is 24.8 Å². The molecular formula is C15H26N2OS. The van der Waals surface area contributed by atoms with Gasteiger partial charge >= 0.3 is 0 Å². The predicted molar refractivity (Wildman–Crippen MR) is 81.5 cm³/mol. The van der Waals surface area contributed by atoms with Crippen LogP contribution in [0.2, 0.25) is 0 Å². The van der Waals surface area contributed by atoms with Crippen molar-refractivity contribution < 1.29 is 4.74 Å². The maximum Gasteiger partial charge on any atom is 0.0662 e. The maximum absolute atomic E-state index is 6.54. The SMILES string of the molecule is CCOC1CC(N)(CNCc2sccc2C)C1(C)C. The normalized spacial score (nSPS) is 29.2. The topological polar surface area (TPSA) is 47.3 Å². The van der Waals surface area contributed by atoms with Crippen molar-refractivity contribution in [3.8, 4) is 0 Å². The number of hydrogen-bond donors (Lipinski definition) is 2. The molecule has 3 N–H and O–H groups in total. The number of hydrogen-bond acceptors (Lipinski definition) is 4. The minimum atomic E-state index is -0.155. The van der Waals surface area contributed by atoms with E-state index in [0.29, 0.717) is 6.10 Å². The Kier molecular flexibility index (Phi) is 4.35. The summed E-state index contributed by atoms with van der Waals surface area (Å²) in [5, 5.41) is 5.66. The van der Waals surface area contributed by atoms with Crippen molar-refractivity contribution in [2.24, 2.45) is 11.1 Å². The van der Waals surface area contributed by atoms with Gasteiger partial charge in [0.1, 0.15) is 0 Å². The molecule has 0 aliphatic heterocycles. The third-order valence-corrected chi connectivity index (χ3v) is 5.72. The molecule has 0 aromatic carbocycles. The van der Waals surface area contributed by atoms with Crippen molar-refractivity contribution in [1.29, 1.82) is 0 Å². The molecule has 19 heavy (non-hydrogen) atoms. The van der Waals surface area contributed by atoms with E-state index in [1.165, 1.54) is 10.4 Å². The number of aryl methyl sites for hydroxylation is 1. The fourth-order valence-corrected chi connectivity index (χ4v) is 3.67. The zero-order valence-corrected chi connectivity index (χ0v) is 13.3. The number of rotatable bonds is 6. The van der Waals surface area contributed by atoms with Crippen LogP contribution in [0.4, 0.5) is 0 Å². The van der Waals surface area contributed by atoms with Crippen LogP contribution in [0.1, 0.15) is 37.6 Å². The third-order valence-electron chi connectivity index (χ3n) is 4.70. The Morgan fingerprint density at radius 1 is 1.53 bits per heavy atom. The van der Waals surface area contributed by atoms with Crippen molar-refractivity contribution in [2.45, 2.75) is 52.3 Å². The lowest BCUT2D eigenvalue weighted by molar-refractivity contribution is -0.148. The van der Waals surface area contributed by atoms with Gasteiger partial charge in [-0.3, -0.25) is 0 Å². The summed E-state index contributed by atoms with van der Waals surface area (Å²) in [5.41, 5.74) is 7.79. The van der Waals surface area contributed by atoms with E-state index in [9.17, 15) is 0 Å². The van der Waals surface area contributed by atoms with Crippen LogP contribution in [0.25, 0.3) is 0 Å². The van der Waals surface area contributed by atoms with Crippen LogP contribution >= 0.6 is 11.3 Å². The molecule has 1 heterocycles. The lowest BCUT2D eigenvalue weighted by Gasteiger charge is -2.59. The summed E-state index contributed by atoms with van der Waals surface area (Å²) in [4.78, 5) is 1.40. The first-order valence-electron chi connectivity index (χ1n) is 7.05. The molecular weight excluding hydrogens is 256 g/mol. The molecule has 4 heteroatoms. The van der Waals surface area contributed by atoms with Gasteiger partial charge in [-0.25, -0.2) is 0 Å². The standard InChI is InChI=1S/C15H26N2OS/c1-5-18-13-8-15(16,14(13,3)4)10-17-9-12-11(2)6-7-19-12/h6-7,13,17H,5,8-10,16H2,1-4H3. The monoisotopic (exact) mass is 282 g/mol. The summed E-state index contributed by atoms with van der Waals surface area (Å²) < 4.78 is 5.75. The quantitative estimate of drug-likeness (QED) is 0.843. The average molecular weight is 282 g/mol. The number of thiophene rings is 1. The fourth-order valence-electron chi connectivity index (χ4n) is 2.79. The van der Waals surface area contributed by atoms with E-state index in [1.807, 2.05) is 6.92 Å². The van der Waals surface area contributed by atoms with Gasteiger partial charge in [-0.2, -0.15) is 0 Å². The number of ether oxygens (including phenoxy) is 1. The van der Waals surface area contributed by atoms with Crippen molar-refractivity contribution >= 4 is 11.3 Å². The minimum Gasteiger partial charge on any atom is -0.378 e. The van der Waals surface area contributed by atoms with Gasteiger partial charge in [0.2, 0.25) is 0 Å². The first-order chi connectivity index (χ1) is 8.90. The highest BCUT2D eigenvalue weighted by atomic mass is 32.1. The molecule has 1 fully saturated rings. The highest BCUT2D eigenvalue weighted by Crippen LogP contribution is 2.49. The maximum atomic E-state index is 6.54. The van der Waals surface area contributed by atoms with E-state index < -0.39 is 0 Å². The highest BCUT2D eigenvalue weighted by Gasteiger charge is 2.58. The Labute approximate surface area is 120 Å². The zero-order valence-electron chi connectivity index (χ0n) is 12.5. The lowest BCUT2D eigenvalue weighted by Crippen LogP contribution is -2.73. The van der Waals surface area contributed by atoms with Gasteiger partial charge in [-0.1, -0.05) is 13.8 Å². The molecule has 0 saturated heterocycles. The molecule has 1 saturated carbocycles. The first kappa shape index (κ1) is 15.0. The molecule has 2 rings (SSSR count).